The smallest absolute Gasteiger partial charge is 0.255 e. The molecule has 1 aliphatic rings. The normalized spacial score (nSPS) is 14.1. The molecule has 0 atom stereocenters. The average molecular weight is 487 g/mol. The molecule has 0 bridgehead atoms. The van der Waals surface area contributed by atoms with Crippen LogP contribution in [0, 0.1) is 5.92 Å². The van der Waals surface area contributed by atoms with Crippen LogP contribution < -0.4 is 16.0 Å². The number of rotatable bonds is 7. The van der Waals surface area contributed by atoms with Gasteiger partial charge in [-0.2, -0.15) is 5.10 Å². The molecule has 0 unspecified atom stereocenters. The molecule has 35 heavy (non-hydrogen) atoms. The van der Waals surface area contributed by atoms with Gasteiger partial charge in [0, 0.05) is 43.5 Å². The summed E-state index contributed by atoms with van der Waals surface area (Å²) in [5.74, 6) is 0.303. The molecule has 1 saturated heterocycles. The van der Waals surface area contributed by atoms with Crippen molar-refractivity contribution in [1.82, 2.24) is 20.1 Å². The fraction of sp³-hybridized carbons (Fsp3) is 0.231. The summed E-state index contributed by atoms with van der Waals surface area (Å²) in [6.45, 7) is 1.74. The Bertz CT molecular complexity index is 1310. The number of para-hydroxylation sites is 1. The van der Waals surface area contributed by atoms with E-state index >= 15 is 0 Å². The summed E-state index contributed by atoms with van der Waals surface area (Å²) >= 11 is 1.55. The molecule has 2 amide bonds. The van der Waals surface area contributed by atoms with Crippen LogP contribution in [0.1, 0.15) is 28.8 Å². The lowest BCUT2D eigenvalue weighted by atomic mass is 9.96. The molecule has 4 aromatic rings. The van der Waals surface area contributed by atoms with E-state index in [-0.39, 0.29) is 17.7 Å². The number of hydrogen-bond acceptors (Lipinski definition) is 6. The van der Waals surface area contributed by atoms with Crippen molar-refractivity contribution in [3.05, 3.63) is 83.5 Å². The largest absolute Gasteiger partial charge is 0.369 e. The Morgan fingerprint density at radius 2 is 1.86 bits per heavy atom. The average Bonchev–Trinajstić information content (AvgIpc) is 3.58. The highest BCUT2D eigenvalue weighted by molar-refractivity contribution is 7.13. The van der Waals surface area contributed by atoms with Gasteiger partial charge < -0.3 is 16.0 Å². The third-order valence-corrected chi connectivity index (χ3v) is 7.11. The number of amides is 2. The van der Waals surface area contributed by atoms with Gasteiger partial charge in [0.25, 0.3) is 5.91 Å². The number of carbonyl (C=O) groups excluding carboxylic acids is 2. The van der Waals surface area contributed by atoms with E-state index < -0.39 is 0 Å². The number of benzene rings is 1. The number of nitrogens with one attached hydrogen (secondary N) is 1. The first-order chi connectivity index (χ1) is 17.1. The summed E-state index contributed by atoms with van der Waals surface area (Å²) in [5.41, 5.74) is 8.46. The summed E-state index contributed by atoms with van der Waals surface area (Å²) in [5, 5.41) is 9.75. The standard InChI is InChI=1S/C26H26N6O2S/c27-24(33)18-10-13-31(14-11-18)25-19(6-4-12-28-25)16-29-26(34)21-17-32(20-7-2-1-3-8-20)30-23(21)22-9-5-15-35-22/h1-9,12,15,17-18H,10-11,13-14,16H2,(H2,27,33)(H,29,34). The second-order valence-corrected chi connectivity index (χ2v) is 9.43. The summed E-state index contributed by atoms with van der Waals surface area (Å²) < 4.78 is 1.74. The van der Waals surface area contributed by atoms with E-state index in [4.69, 9.17) is 10.8 Å². The van der Waals surface area contributed by atoms with Gasteiger partial charge in [0.05, 0.1) is 16.1 Å². The lowest BCUT2D eigenvalue weighted by Gasteiger charge is -2.32. The maximum absolute atomic E-state index is 13.3. The van der Waals surface area contributed by atoms with Gasteiger partial charge in [0.1, 0.15) is 11.5 Å². The van der Waals surface area contributed by atoms with E-state index in [9.17, 15) is 9.59 Å². The van der Waals surface area contributed by atoms with Crippen molar-refractivity contribution < 1.29 is 9.59 Å². The minimum atomic E-state index is -0.240. The van der Waals surface area contributed by atoms with Gasteiger partial charge in [0.2, 0.25) is 5.91 Å². The quantitative estimate of drug-likeness (QED) is 0.415. The summed E-state index contributed by atoms with van der Waals surface area (Å²) in [4.78, 5) is 32.5. The van der Waals surface area contributed by atoms with E-state index in [1.807, 2.05) is 60.0 Å². The highest BCUT2D eigenvalue weighted by Gasteiger charge is 2.25. The van der Waals surface area contributed by atoms with Crippen LogP contribution in [0.3, 0.4) is 0 Å². The van der Waals surface area contributed by atoms with Crippen molar-refractivity contribution in [1.29, 1.82) is 0 Å². The van der Waals surface area contributed by atoms with E-state index in [1.54, 1.807) is 28.4 Å². The Balaban J connectivity index is 1.35. The van der Waals surface area contributed by atoms with Crippen LogP contribution in [0.5, 0.6) is 0 Å². The molecule has 5 rings (SSSR count). The Morgan fingerprint density at radius 1 is 1.06 bits per heavy atom. The van der Waals surface area contributed by atoms with E-state index in [2.05, 4.69) is 15.2 Å². The van der Waals surface area contributed by atoms with Crippen LogP contribution in [0.25, 0.3) is 16.3 Å². The molecule has 3 N–H and O–H groups in total. The minimum absolute atomic E-state index is 0.0880. The Kier molecular flexibility index (Phi) is 6.58. The molecule has 0 spiro atoms. The Hall–Kier alpha value is -3.98. The lowest BCUT2D eigenvalue weighted by molar-refractivity contribution is -0.122. The van der Waals surface area contributed by atoms with Crippen molar-refractivity contribution in [3.63, 3.8) is 0 Å². The third kappa shape index (κ3) is 4.95. The zero-order chi connectivity index (χ0) is 24.2. The van der Waals surface area contributed by atoms with Crippen molar-refractivity contribution in [2.45, 2.75) is 19.4 Å². The van der Waals surface area contributed by atoms with Gasteiger partial charge in [-0.05, 0) is 42.5 Å². The predicted octanol–water partition coefficient (Wildman–Crippen LogP) is 3.63. The molecule has 0 radical (unpaired) electrons. The zero-order valence-electron chi connectivity index (χ0n) is 19.1. The number of pyridine rings is 1. The van der Waals surface area contributed by atoms with Crippen LogP contribution in [-0.2, 0) is 11.3 Å². The molecule has 4 heterocycles. The highest BCUT2D eigenvalue weighted by atomic mass is 32.1. The number of nitrogens with zero attached hydrogens (tertiary/aromatic N) is 4. The molecule has 178 valence electrons. The molecule has 0 aliphatic carbocycles. The maximum atomic E-state index is 13.3. The van der Waals surface area contributed by atoms with Crippen LogP contribution in [0.4, 0.5) is 5.82 Å². The number of hydrogen-bond donors (Lipinski definition) is 2. The second kappa shape index (κ2) is 10.1. The van der Waals surface area contributed by atoms with Crippen molar-refractivity contribution in [2.75, 3.05) is 18.0 Å². The first kappa shape index (κ1) is 22.8. The second-order valence-electron chi connectivity index (χ2n) is 8.48. The molecule has 1 aliphatic heterocycles. The molecule has 1 fully saturated rings. The van der Waals surface area contributed by atoms with Crippen LogP contribution >= 0.6 is 11.3 Å². The Morgan fingerprint density at radius 3 is 2.57 bits per heavy atom. The van der Waals surface area contributed by atoms with Crippen LogP contribution in [0.15, 0.2) is 72.4 Å². The van der Waals surface area contributed by atoms with Crippen molar-refractivity contribution in [2.24, 2.45) is 11.7 Å². The van der Waals surface area contributed by atoms with Gasteiger partial charge in [0.15, 0.2) is 0 Å². The van der Waals surface area contributed by atoms with E-state index in [0.717, 1.165) is 21.9 Å². The number of aromatic nitrogens is 3. The molecule has 0 saturated carbocycles. The first-order valence-corrected chi connectivity index (χ1v) is 12.4. The molecule has 9 heteroatoms. The number of carbonyl (C=O) groups is 2. The topological polar surface area (TPSA) is 106 Å². The number of anilines is 1. The SMILES string of the molecule is NC(=O)C1CCN(c2ncccc2CNC(=O)c2cn(-c3ccccc3)nc2-c2cccs2)CC1. The maximum Gasteiger partial charge on any atom is 0.255 e. The number of primary amides is 1. The van der Waals surface area contributed by atoms with Gasteiger partial charge >= 0.3 is 0 Å². The summed E-state index contributed by atoms with van der Waals surface area (Å²) in [6, 6.07) is 17.5. The molecule has 8 nitrogen and oxygen atoms in total. The van der Waals surface area contributed by atoms with Crippen LogP contribution in [-0.4, -0.2) is 39.7 Å². The molecule has 3 aromatic heterocycles. The number of nitrogens with two attached hydrogens (primary N) is 1. The predicted molar refractivity (Wildman–Crippen MR) is 136 cm³/mol. The van der Waals surface area contributed by atoms with Gasteiger partial charge in [-0.25, -0.2) is 9.67 Å². The van der Waals surface area contributed by atoms with Gasteiger partial charge in [-0.3, -0.25) is 9.59 Å². The molecular weight excluding hydrogens is 460 g/mol. The van der Waals surface area contributed by atoms with Crippen LogP contribution in [0.2, 0.25) is 0 Å². The van der Waals surface area contributed by atoms with Crippen molar-refractivity contribution >= 4 is 29.0 Å². The van der Waals surface area contributed by atoms with Gasteiger partial charge in [-0.1, -0.05) is 30.3 Å². The van der Waals surface area contributed by atoms with E-state index in [0.29, 0.717) is 43.7 Å². The van der Waals surface area contributed by atoms with Gasteiger partial charge in [-0.15, -0.1) is 11.3 Å². The fourth-order valence-electron chi connectivity index (χ4n) is 4.35. The fourth-order valence-corrected chi connectivity index (χ4v) is 5.07. The molecule has 1 aromatic carbocycles. The highest BCUT2D eigenvalue weighted by Crippen LogP contribution is 2.28. The number of piperidine rings is 1. The third-order valence-electron chi connectivity index (χ3n) is 6.24. The minimum Gasteiger partial charge on any atom is -0.369 e. The Labute approximate surface area is 207 Å². The molecular formula is C26H26N6O2S. The summed E-state index contributed by atoms with van der Waals surface area (Å²) in [6.07, 6.45) is 4.94. The lowest BCUT2D eigenvalue weighted by Crippen LogP contribution is -2.39. The van der Waals surface area contributed by atoms with Crippen molar-refractivity contribution in [3.8, 4) is 16.3 Å². The van der Waals surface area contributed by atoms with E-state index in [1.165, 1.54) is 0 Å². The monoisotopic (exact) mass is 486 g/mol. The zero-order valence-corrected chi connectivity index (χ0v) is 19.9. The number of thiophene rings is 1. The first-order valence-electron chi connectivity index (χ1n) is 11.6. The summed E-state index contributed by atoms with van der Waals surface area (Å²) in [7, 11) is 0.